The van der Waals surface area contributed by atoms with Crippen LogP contribution in [0.3, 0.4) is 0 Å². The van der Waals surface area contributed by atoms with Crippen LogP contribution in [0.1, 0.15) is 30.4 Å². The number of benzene rings is 2. The SMILES string of the molecule is COc1ccc2c(c1)C13CCN(C)C(C2)C12CCC1C3[C@@H](CN1c1ccccc1)O2. The molecule has 0 radical (unpaired) electrons. The smallest absolute Gasteiger partial charge is 0.119 e. The highest BCUT2D eigenvalue weighted by molar-refractivity contribution is 5.56. The number of hydrogen-bond acceptors (Lipinski definition) is 4. The summed E-state index contributed by atoms with van der Waals surface area (Å²) in [5.74, 6) is 1.56. The molecule has 7 rings (SSSR count). The Kier molecular flexibility index (Phi) is 3.41. The number of ether oxygens (including phenoxy) is 2. The quantitative estimate of drug-likeness (QED) is 0.766. The number of nitrogens with zero attached hydrogens (tertiary/aromatic N) is 2. The molecule has 0 amide bonds. The van der Waals surface area contributed by atoms with Crippen molar-refractivity contribution < 1.29 is 9.47 Å². The van der Waals surface area contributed by atoms with Gasteiger partial charge in [0.1, 0.15) is 5.75 Å². The van der Waals surface area contributed by atoms with Crippen LogP contribution in [-0.2, 0) is 16.6 Å². The Hall–Kier alpha value is -2.04. The monoisotopic (exact) mass is 402 g/mol. The number of hydrogen-bond donors (Lipinski definition) is 0. The number of likely N-dealkylation sites (N-methyl/N-ethyl adjacent to an activating group) is 1. The van der Waals surface area contributed by atoms with E-state index in [0.717, 1.165) is 25.3 Å². The predicted octanol–water partition coefficient (Wildman–Crippen LogP) is 3.63. The molecule has 156 valence electrons. The molecule has 2 aromatic carbocycles. The molecule has 2 aromatic rings. The number of anilines is 1. The van der Waals surface area contributed by atoms with Crippen molar-refractivity contribution in [2.75, 3.05) is 32.1 Å². The van der Waals surface area contributed by atoms with Gasteiger partial charge in [-0.05, 0) is 74.7 Å². The van der Waals surface area contributed by atoms with Crippen LogP contribution in [0.25, 0.3) is 0 Å². The Bertz CT molecular complexity index is 1010. The van der Waals surface area contributed by atoms with Gasteiger partial charge in [0.05, 0.1) is 18.8 Å². The second-order valence-electron chi connectivity index (χ2n) is 10.1. The Labute approximate surface area is 178 Å². The van der Waals surface area contributed by atoms with Gasteiger partial charge >= 0.3 is 0 Å². The summed E-state index contributed by atoms with van der Waals surface area (Å²) in [5.41, 5.74) is 4.50. The zero-order valence-electron chi connectivity index (χ0n) is 17.9. The van der Waals surface area contributed by atoms with Crippen LogP contribution in [-0.4, -0.2) is 55.9 Å². The molecule has 4 heteroatoms. The van der Waals surface area contributed by atoms with E-state index in [1.54, 1.807) is 12.7 Å². The van der Waals surface area contributed by atoms with Crippen molar-refractivity contribution in [3.05, 3.63) is 59.7 Å². The van der Waals surface area contributed by atoms with Crippen molar-refractivity contribution in [1.82, 2.24) is 4.90 Å². The van der Waals surface area contributed by atoms with Gasteiger partial charge in [-0.25, -0.2) is 0 Å². The maximum atomic E-state index is 7.25. The average Bonchev–Trinajstić information content (AvgIpc) is 3.23. The van der Waals surface area contributed by atoms with Gasteiger partial charge in [0.15, 0.2) is 0 Å². The number of piperidine rings is 1. The molecule has 0 N–H and O–H groups in total. The van der Waals surface area contributed by atoms with E-state index < -0.39 is 0 Å². The second-order valence-corrected chi connectivity index (χ2v) is 10.1. The van der Waals surface area contributed by atoms with E-state index in [2.05, 4.69) is 65.4 Å². The molecule has 1 saturated carbocycles. The maximum Gasteiger partial charge on any atom is 0.119 e. The largest absolute Gasteiger partial charge is 0.497 e. The fourth-order valence-electron chi connectivity index (χ4n) is 8.33. The zero-order valence-corrected chi connectivity index (χ0v) is 17.9. The van der Waals surface area contributed by atoms with E-state index in [1.165, 1.54) is 30.5 Å². The van der Waals surface area contributed by atoms with Crippen LogP contribution in [0.2, 0.25) is 0 Å². The first-order chi connectivity index (χ1) is 14.7. The van der Waals surface area contributed by atoms with Gasteiger partial charge in [0.25, 0.3) is 0 Å². The molecule has 0 aromatic heterocycles. The lowest BCUT2D eigenvalue weighted by Crippen LogP contribution is -2.73. The standard InChI is InChI=1S/C26H30N2O2/c1-27-13-12-25-20-15-19(29-2)9-8-17(20)14-23(27)26(25)11-10-21-24(25)22(30-26)16-28(21)18-6-4-3-5-7-18/h3-9,15,21-24H,10-14,16H2,1-2H3/t21?,22-,23?,24?,25?,26?/m1/s1. The summed E-state index contributed by atoms with van der Waals surface area (Å²) < 4.78 is 13.0. The van der Waals surface area contributed by atoms with Crippen molar-refractivity contribution in [3.63, 3.8) is 0 Å². The summed E-state index contributed by atoms with van der Waals surface area (Å²) in [6.07, 6.45) is 5.02. The fraction of sp³-hybridized carbons (Fsp3) is 0.538. The van der Waals surface area contributed by atoms with Crippen LogP contribution in [0.5, 0.6) is 5.75 Å². The lowest BCUT2D eigenvalue weighted by Gasteiger charge is -2.64. The van der Waals surface area contributed by atoms with E-state index >= 15 is 0 Å². The van der Waals surface area contributed by atoms with Crippen molar-refractivity contribution in [1.29, 1.82) is 0 Å². The molecular weight excluding hydrogens is 372 g/mol. The van der Waals surface area contributed by atoms with E-state index in [0.29, 0.717) is 24.1 Å². The molecular formula is C26H30N2O2. The highest BCUT2D eigenvalue weighted by Gasteiger charge is 2.77. The van der Waals surface area contributed by atoms with Crippen LogP contribution >= 0.6 is 0 Å². The van der Waals surface area contributed by atoms with Crippen LogP contribution in [0.15, 0.2) is 48.5 Å². The Morgan fingerprint density at radius 2 is 1.97 bits per heavy atom. The summed E-state index contributed by atoms with van der Waals surface area (Å²) in [7, 11) is 4.11. The van der Waals surface area contributed by atoms with Gasteiger partial charge in [0.2, 0.25) is 0 Å². The molecule has 3 saturated heterocycles. The normalized spacial score (nSPS) is 40.8. The Morgan fingerprint density at radius 3 is 2.80 bits per heavy atom. The van der Waals surface area contributed by atoms with Gasteiger partial charge in [-0.1, -0.05) is 24.3 Å². The number of para-hydroxylation sites is 1. The molecule has 4 nitrogen and oxygen atoms in total. The van der Waals surface area contributed by atoms with Gasteiger partial charge in [-0.15, -0.1) is 0 Å². The Balaban J connectivity index is 1.43. The lowest BCUT2D eigenvalue weighted by molar-refractivity contribution is -0.156. The molecule has 2 aliphatic carbocycles. The van der Waals surface area contributed by atoms with Gasteiger partial charge < -0.3 is 19.3 Å². The van der Waals surface area contributed by atoms with Crippen molar-refractivity contribution >= 4 is 5.69 Å². The zero-order chi connectivity index (χ0) is 20.1. The highest BCUT2D eigenvalue weighted by atomic mass is 16.5. The minimum Gasteiger partial charge on any atom is -0.497 e. The third-order valence-electron chi connectivity index (χ3n) is 9.32. The van der Waals surface area contributed by atoms with Gasteiger partial charge in [0, 0.05) is 35.6 Å². The average molecular weight is 403 g/mol. The summed E-state index contributed by atoms with van der Waals surface area (Å²) in [4.78, 5) is 5.26. The molecule has 3 aliphatic heterocycles. The van der Waals surface area contributed by atoms with Crippen LogP contribution in [0, 0.1) is 5.92 Å². The minimum absolute atomic E-state index is 0.0338. The Morgan fingerprint density at radius 1 is 1.10 bits per heavy atom. The van der Waals surface area contributed by atoms with E-state index in [-0.39, 0.29) is 11.0 Å². The van der Waals surface area contributed by atoms with E-state index in [1.807, 2.05) is 0 Å². The third-order valence-corrected chi connectivity index (χ3v) is 9.32. The molecule has 4 fully saturated rings. The van der Waals surface area contributed by atoms with Crippen LogP contribution in [0.4, 0.5) is 5.69 Å². The summed E-state index contributed by atoms with van der Waals surface area (Å²) in [6.45, 7) is 2.19. The van der Waals surface area contributed by atoms with E-state index in [9.17, 15) is 0 Å². The van der Waals surface area contributed by atoms with Crippen molar-refractivity contribution in [2.24, 2.45) is 5.92 Å². The summed E-state index contributed by atoms with van der Waals surface area (Å²) in [6, 6.07) is 18.9. The molecule has 0 spiro atoms. The molecule has 6 atom stereocenters. The first kappa shape index (κ1) is 17.6. The molecule has 5 unspecified atom stereocenters. The topological polar surface area (TPSA) is 24.9 Å². The minimum atomic E-state index is -0.0338. The van der Waals surface area contributed by atoms with E-state index in [4.69, 9.17) is 9.47 Å². The molecule has 4 bridgehead atoms. The maximum absolute atomic E-state index is 7.25. The summed E-state index contributed by atoms with van der Waals surface area (Å²) >= 11 is 0. The first-order valence-electron chi connectivity index (χ1n) is 11.6. The number of likely N-dealkylation sites (tertiary alicyclic amines) is 1. The highest BCUT2D eigenvalue weighted by Crippen LogP contribution is 2.69. The van der Waals surface area contributed by atoms with Crippen LogP contribution < -0.4 is 9.64 Å². The second kappa shape index (κ2) is 5.80. The predicted molar refractivity (Wildman–Crippen MR) is 117 cm³/mol. The number of fused-ring (bicyclic) bond motifs is 1. The van der Waals surface area contributed by atoms with Gasteiger partial charge in [-0.3, -0.25) is 0 Å². The number of rotatable bonds is 2. The fourth-order valence-corrected chi connectivity index (χ4v) is 8.33. The third kappa shape index (κ3) is 1.87. The summed E-state index contributed by atoms with van der Waals surface area (Å²) in [5, 5.41) is 0. The molecule has 3 heterocycles. The number of methoxy groups -OCH3 is 1. The van der Waals surface area contributed by atoms with Crippen molar-refractivity contribution in [2.45, 2.75) is 54.9 Å². The molecule has 30 heavy (non-hydrogen) atoms. The van der Waals surface area contributed by atoms with Crippen molar-refractivity contribution in [3.8, 4) is 5.75 Å². The first-order valence-corrected chi connectivity index (χ1v) is 11.6. The molecule has 5 aliphatic rings. The van der Waals surface area contributed by atoms with Gasteiger partial charge in [-0.2, -0.15) is 0 Å². The lowest BCUT2D eigenvalue weighted by atomic mass is 9.46.